The SMILES string of the molecule is CCCCCCC(N)c1cc(C)cc(C)c1. The van der Waals surface area contributed by atoms with Crippen LogP contribution in [0, 0.1) is 13.8 Å². The van der Waals surface area contributed by atoms with Crippen molar-refractivity contribution in [2.45, 2.75) is 58.9 Å². The summed E-state index contributed by atoms with van der Waals surface area (Å²) in [6.07, 6.45) is 6.30. The molecule has 0 bridgehead atoms. The van der Waals surface area contributed by atoms with Crippen molar-refractivity contribution in [3.8, 4) is 0 Å². The molecule has 0 radical (unpaired) electrons. The van der Waals surface area contributed by atoms with E-state index in [0.29, 0.717) is 0 Å². The zero-order valence-electron chi connectivity index (χ0n) is 10.9. The molecule has 0 aliphatic rings. The van der Waals surface area contributed by atoms with Gasteiger partial charge in [-0.3, -0.25) is 0 Å². The molecule has 2 N–H and O–H groups in total. The second kappa shape index (κ2) is 6.70. The van der Waals surface area contributed by atoms with Gasteiger partial charge >= 0.3 is 0 Å². The van der Waals surface area contributed by atoms with Crippen molar-refractivity contribution in [2.75, 3.05) is 0 Å². The van der Waals surface area contributed by atoms with Gasteiger partial charge in [0.15, 0.2) is 0 Å². The van der Waals surface area contributed by atoms with Crippen LogP contribution in [0.25, 0.3) is 0 Å². The average molecular weight is 219 g/mol. The summed E-state index contributed by atoms with van der Waals surface area (Å²) in [5.41, 5.74) is 10.2. The normalized spacial score (nSPS) is 12.8. The number of rotatable bonds is 6. The molecule has 0 saturated heterocycles. The van der Waals surface area contributed by atoms with Crippen LogP contribution in [-0.4, -0.2) is 0 Å². The van der Waals surface area contributed by atoms with Gasteiger partial charge in [-0.1, -0.05) is 61.9 Å². The standard InChI is InChI=1S/C15H25N/c1-4-5-6-7-8-15(16)14-10-12(2)9-13(3)11-14/h9-11,15H,4-8,16H2,1-3H3. The molecule has 0 saturated carbocycles. The number of hydrogen-bond acceptors (Lipinski definition) is 1. The van der Waals surface area contributed by atoms with Crippen molar-refractivity contribution < 1.29 is 0 Å². The Morgan fingerprint density at radius 3 is 2.19 bits per heavy atom. The molecule has 0 aromatic heterocycles. The molecule has 1 rings (SSSR count). The molecule has 0 amide bonds. The molecule has 16 heavy (non-hydrogen) atoms. The van der Waals surface area contributed by atoms with Gasteiger partial charge in [0, 0.05) is 6.04 Å². The smallest absolute Gasteiger partial charge is 0.0295 e. The van der Waals surface area contributed by atoms with E-state index in [1.54, 1.807) is 0 Å². The van der Waals surface area contributed by atoms with E-state index < -0.39 is 0 Å². The van der Waals surface area contributed by atoms with Crippen LogP contribution >= 0.6 is 0 Å². The fraction of sp³-hybridized carbons (Fsp3) is 0.600. The first kappa shape index (κ1) is 13.2. The topological polar surface area (TPSA) is 26.0 Å². The van der Waals surface area contributed by atoms with Crippen LogP contribution in [0.4, 0.5) is 0 Å². The Balaban J connectivity index is 2.48. The lowest BCUT2D eigenvalue weighted by atomic mass is 9.97. The fourth-order valence-electron chi connectivity index (χ4n) is 2.18. The second-order valence-electron chi connectivity index (χ2n) is 4.88. The largest absolute Gasteiger partial charge is 0.324 e. The van der Waals surface area contributed by atoms with Gasteiger partial charge in [0.1, 0.15) is 0 Å². The summed E-state index contributed by atoms with van der Waals surface area (Å²) in [6, 6.07) is 6.86. The summed E-state index contributed by atoms with van der Waals surface area (Å²) in [4.78, 5) is 0. The average Bonchev–Trinajstić information content (AvgIpc) is 2.22. The quantitative estimate of drug-likeness (QED) is 0.710. The van der Waals surface area contributed by atoms with Crippen LogP contribution in [0.5, 0.6) is 0 Å². The van der Waals surface area contributed by atoms with Crippen molar-refractivity contribution in [3.63, 3.8) is 0 Å². The van der Waals surface area contributed by atoms with Crippen molar-refractivity contribution in [1.29, 1.82) is 0 Å². The molecule has 1 heteroatoms. The molecule has 0 heterocycles. The van der Waals surface area contributed by atoms with E-state index in [9.17, 15) is 0 Å². The molecule has 0 fully saturated rings. The highest BCUT2D eigenvalue weighted by atomic mass is 14.6. The molecule has 1 aromatic carbocycles. The molecule has 1 unspecified atom stereocenters. The van der Waals surface area contributed by atoms with E-state index in [1.807, 2.05) is 0 Å². The third-order valence-corrected chi connectivity index (χ3v) is 3.04. The van der Waals surface area contributed by atoms with Gasteiger partial charge < -0.3 is 5.73 Å². The molecular weight excluding hydrogens is 194 g/mol. The summed E-state index contributed by atoms with van der Waals surface area (Å²) in [5.74, 6) is 0. The van der Waals surface area contributed by atoms with Gasteiger partial charge in [-0.15, -0.1) is 0 Å². The van der Waals surface area contributed by atoms with E-state index in [2.05, 4.69) is 39.0 Å². The minimum absolute atomic E-state index is 0.218. The van der Waals surface area contributed by atoms with Crippen LogP contribution in [-0.2, 0) is 0 Å². The van der Waals surface area contributed by atoms with E-state index in [1.165, 1.54) is 42.4 Å². The molecule has 0 aliphatic heterocycles. The summed E-state index contributed by atoms with van der Waals surface area (Å²) in [6.45, 7) is 6.52. The highest BCUT2D eigenvalue weighted by Gasteiger charge is 2.06. The third-order valence-electron chi connectivity index (χ3n) is 3.04. The van der Waals surface area contributed by atoms with Crippen molar-refractivity contribution >= 4 is 0 Å². The lowest BCUT2D eigenvalue weighted by Gasteiger charge is -2.13. The molecule has 1 aromatic rings. The number of unbranched alkanes of at least 4 members (excludes halogenated alkanes) is 3. The summed E-state index contributed by atoms with van der Waals surface area (Å²) < 4.78 is 0. The van der Waals surface area contributed by atoms with Crippen LogP contribution in [0.2, 0.25) is 0 Å². The van der Waals surface area contributed by atoms with Gasteiger partial charge in [0.05, 0.1) is 0 Å². The van der Waals surface area contributed by atoms with Crippen molar-refractivity contribution in [1.82, 2.24) is 0 Å². The molecule has 0 spiro atoms. The highest BCUT2D eigenvalue weighted by molar-refractivity contribution is 5.30. The monoisotopic (exact) mass is 219 g/mol. The highest BCUT2D eigenvalue weighted by Crippen LogP contribution is 2.20. The minimum Gasteiger partial charge on any atom is -0.324 e. The number of hydrogen-bond donors (Lipinski definition) is 1. The Kier molecular flexibility index (Phi) is 5.54. The van der Waals surface area contributed by atoms with E-state index in [4.69, 9.17) is 5.73 Å². The lowest BCUT2D eigenvalue weighted by molar-refractivity contribution is 0.566. The summed E-state index contributed by atoms with van der Waals surface area (Å²) in [5, 5.41) is 0. The number of benzene rings is 1. The number of aryl methyl sites for hydroxylation is 2. The van der Waals surface area contributed by atoms with Gasteiger partial charge in [0.25, 0.3) is 0 Å². The Morgan fingerprint density at radius 2 is 1.62 bits per heavy atom. The predicted molar refractivity (Wildman–Crippen MR) is 71.6 cm³/mol. The molecule has 90 valence electrons. The van der Waals surface area contributed by atoms with Gasteiger partial charge in [-0.25, -0.2) is 0 Å². The Labute approximate surface area is 100 Å². The lowest BCUT2D eigenvalue weighted by Crippen LogP contribution is -2.10. The fourth-order valence-corrected chi connectivity index (χ4v) is 2.18. The zero-order chi connectivity index (χ0) is 12.0. The van der Waals surface area contributed by atoms with E-state index in [0.717, 1.165) is 6.42 Å². The molecule has 0 aliphatic carbocycles. The van der Waals surface area contributed by atoms with Gasteiger partial charge in [0.2, 0.25) is 0 Å². The zero-order valence-corrected chi connectivity index (χ0v) is 10.9. The number of nitrogens with two attached hydrogens (primary N) is 1. The molecule has 1 atom stereocenters. The minimum atomic E-state index is 0.218. The van der Waals surface area contributed by atoms with Gasteiger partial charge in [-0.05, 0) is 25.8 Å². The first-order chi connectivity index (χ1) is 7.63. The molecular formula is C15H25N. The maximum atomic E-state index is 6.22. The first-order valence-electron chi connectivity index (χ1n) is 6.47. The van der Waals surface area contributed by atoms with E-state index in [-0.39, 0.29) is 6.04 Å². The van der Waals surface area contributed by atoms with Crippen LogP contribution in [0.15, 0.2) is 18.2 Å². The first-order valence-corrected chi connectivity index (χ1v) is 6.47. The van der Waals surface area contributed by atoms with Crippen molar-refractivity contribution in [2.24, 2.45) is 5.73 Å². The Hall–Kier alpha value is -0.820. The maximum absolute atomic E-state index is 6.22. The Morgan fingerprint density at radius 1 is 1.00 bits per heavy atom. The van der Waals surface area contributed by atoms with Crippen LogP contribution in [0.1, 0.15) is 61.8 Å². The maximum Gasteiger partial charge on any atom is 0.0295 e. The van der Waals surface area contributed by atoms with E-state index >= 15 is 0 Å². The summed E-state index contributed by atoms with van der Waals surface area (Å²) >= 11 is 0. The summed E-state index contributed by atoms with van der Waals surface area (Å²) in [7, 11) is 0. The van der Waals surface area contributed by atoms with Crippen molar-refractivity contribution in [3.05, 3.63) is 34.9 Å². The van der Waals surface area contributed by atoms with Crippen LogP contribution in [0.3, 0.4) is 0 Å². The Bertz CT molecular complexity index is 297. The van der Waals surface area contributed by atoms with Gasteiger partial charge in [-0.2, -0.15) is 0 Å². The van der Waals surface area contributed by atoms with Crippen LogP contribution < -0.4 is 5.73 Å². The molecule has 1 nitrogen and oxygen atoms in total. The second-order valence-corrected chi connectivity index (χ2v) is 4.88. The third kappa shape index (κ3) is 4.36. The predicted octanol–water partition coefficient (Wildman–Crippen LogP) is 4.27.